The molecule has 0 spiro atoms. The summed E-state index contributed by atoms with van der Waals surface area (Å²) in [6.45, 7) is 6.34. The average Bonchev–Trinajstić information content (AvgIpc) is 2.04. The van der Waals surface area contributed by atoms with E-state index < -0.39 is 5.60 Å². The van der Waals surface area contributed by atoms with Crippen molar-refractivity contribution in [2.45, 2.75) is 44.8 Å². The van der Waals surface area contributed by atoms with E-state index in [9.17, 15) is 5.11 Å². The molecule has 2 N–H and O–H groups in total. The standard InChI is InChI=1S/C10H21NO2/c1-10(2,12)5-6-11-9-3-7-13-8-4-9/h9,11-12H,3-8H2,1-2H3. The topological polar surface area (TPSA) is 41.5 Å². The average molecular weight is 187 g/mol. The quantitative estimate of drug-likeness (QED) is 0.687. The van der Waals surface area contributed by atoms with Crippen LogP contribution in [0.5, 0.6) is 0 Å². The fraction of sp³-hybridized carbons (Fsp3) is 1.00. The number of aliphatic hydroxyl groups is 1. The highest BCUT2D eigenvalue weighted by Gasteiger charge is 2.15. The Kier molecular flexibility index (Phi) is 4.16. The molecule has 0 aliphatic carbocycles. The first-order valence-corrected chi connectivity index (χ1v) is 5.11. The molecule has 0 aromatic rings. The van der Waals surface area contributed by atoms with Crippen LogP contribution < -0.4 is 5.32 Å². The first-order chi connectivity index (χ1) is 6.08. The Morgan fingerprint density at radius 3 is 2.54 bits per heavy atom. The monoisotopic (exact) mass is 187 g/mol. The van der Waals surface area contributed by atoms with Crippen LogP contribution in [0.2, 0.25) is 0 Å². The zero-order valence-electron chi connectivity index (χ0n) is 8.68. The highest BCUT2D eigenvalue weighted by Crippen LogP contribution is 2.09. The van der Waals surface area contributed by atoms with Crippen molar-refractivity contribution in [3.63, 3.8) is 0 Å². The van der Waals surface area contributed by atoms with Gasteiger partial charge < -0.3 is 15.2 Å². The van der Waals surface area contributed by atoms with Crippen molar-refractivity contribution >= 4 is 0 Å². The van der Waals surface area contributed by atoms with E-state index in [1.165, 1.54) is 0 Å². The minimum atomic E-state index is -0.543. The zero-order valence-corrected chi connectivity index (χ0v) is 8.68. The van der Waals surface area contributed by atoms with Crippen LogP contribution >= 0.6 is 0 Å². The third kappa shape index (κ3) is 5.24. The summed E-state index contributed by atoms with van der Waals surface area (Å²) in [6.07, 6.45) is 3.02. The van der Waals surface area contributed by atoms with Crippen LogP contribution in [0.25, 0.3) is 0 Å². The van der Waals surface area contributed by atoms with Gasteiger partial charge in [0.05, 0.1) is 5.60 Å². The fourth-order valence-corrected chi connectivity index (χ4v) is 1.48. The molecule has 78 valence electrons. The number of rotatable bonds is 4. The Bertz CT molecular complexity index is 136. The van der Waals surface area contributed by atoms with Gasteiger partial charge in [-0.1, -0.05) is 0 Å². The summed E-state index contributed by atoms with van der Waals surface area (Å²) in [7, 11) is 0. The smallest absolute Gasteiger partial charge is 0.0603 e. The normalized spacial score (nSPS) is 20.5. The van der Waals surface area contributed by atoms with E-state index in [1.807, 2.05) is 13.8 Å². The molecule has 1 fully saturated rings. The van der Waals surface area contributed by atoms with Crippen molar-refractivity contribution in [2.75, 3.05) is 19.8 Å². The number of hydrogen-bond donors (Lipinski definition) is 2. The molecule has 1 heterocycles. The van der Waals surface area contributed by atoms with Crippen molar-refractivity contribution in [2.24, 2.45) is 0 Å². The lowest BCUT2D eigenvalue weighted by Crippen LogP contribution is -2.37. The van der Waals surface area contributed by atoms with Crippen LogP contribution in [0, 0.1) is 0 Å². The SMILES string of the molecule is CC(C)(O)CCNC1CCOCC1. The molecule has 0 unspecified atom stereocenters. The minimum Gasteiger partial charge on any atom is -0.390 e. The van der Waals surface area contributed by atoms with Crippen LogP contribution in [0.15, 0.2) is 0 Å². The molecule has 3 heteroatoms. The van der Waals surface area contributed by atoms with Gasteiger partial charge in [0, 0.05) is 19.3 Å². The lowest BCUT2D eigenvalue weighted by atomic mass is 10.0. The first-order valence-electron chi connectivity index (χ1n) is 5.11. The molecule has 0 amide bonds. The Morgan fingerprint density at radius 2 is 2.00 bits per heavy atom. The Morgan fingerprint density at radius 1 is 1.38 bits per heavy atom. The summed E-state index contributed by atoms with van der Waals surface area (Å²) in [6, 6.07) is 0.594. The van der Waals surface area contributed by atoms with Gasteiger partial charge in [-0.15, -0.1) is 0 Å². The molecule has 3 nitrogen and oxygen atoms in total. The number of nitrogens with one attached hydrogen (secondary N) is 1. The summed E-state index contributed by atoms with van der Waals surface area (Å²) in [5.74, 6) is 0. The van der Waals surface area contributed by atoms with Crippen molar-refractivity contribution in [3.8, 4) is 0 Å². The Balaban J connectivity index is 2.04. The van der Waals surface area contributed by atoms with Crippen LogP contribution in [0.3, 0.4) is 0 Å². The molecule has 0 aromatic carbocycles. The van der Waals surface area contributed by atoms with Gasteiger partial charge in [-0.2, -0.15) is 0 Å². The molecule has 0 radical (unpaired) electrons. The minimum absolute atomic E-state index is 0.543. The summed E-state index contributed by atoms with van der Waals surface area (Å²) in [4.78, 5) is 0. The molecule has 0 atom stereocenters. The van der Waals surface area contributed by atoms with Crippen LogP contribution in [0.1, 0.15) is 33.1 Å². The van der Waals surface area contributed by atoms with E-state index in [0.29, 0.717) is 6.04 Å². The van der Waals surface area contributed by atoms with Gasteiger partial charge >= 0.3 is 0 Å². The van der Waals surface area contributed by atoms with Crippen LogP contribution in [-0.2, 0) is 4.74 Å². The Hall–Kier alpha value is -0.120. The molecule has 0 saturated carbocycles. The van der Waals surface area contributed by atoms with Gasteiger partial charge in [0.15, 0.2) is 0 Å². The molecule has 1 aliphatic rings. The zero-order chi connectivity index (χ0) is 9.73. The molecule has 13 heavy (non-hydrogen) atoms. The van der Waals surface area contributed by atoms with Gasteiger partial charge in [0.2, 0.25) is 0 Å². The third-order valence-electron chi connectivity index (χ3n) is 2.39. The van der Waals surface area contributed by atoms with Crippen molar-refractivity contribution in [1.29, 1.82) is 0 Å². The van der Waals surface area contributed by atoms with E-state index in [0.717, 1.165) is 39.0 Å². The second kappa shape index (κ2) is 4.94. The second-order valence-electron chi connectivity index (χ2n) is 4.40. The van der Waals surface area contributed by atoms with Gasteiger partial charge in [0.25, 0.3) is 0 Å². The van der Waals surface area contributed by atoms with Gasteiger partial charge in [-0.3, -0.25) is 0 Å². The predicted octanol–water partition coefficient (Wildman–Crippen LogP) is 0.916. The van der Waals surface area contributed by atoms with Gasteiger partial charge in [0.1, 0.15) is 0 Å². The van der Waals surface area contributed by atoms with Crippen molar-refractivity contribution in [1.82, 2.24) is 5.32 Å². The largest absolute Gasteiger partial charge is 0.390 e. The van der Waals surface area contributed by atoms with E-state index >= 15 is 0 Å². The molecular weight excluding hydrogens is 166 g/mol. The molecular formula is C10H21NO2. The Labute approximate surface area is 80.5 Å². The number of ether oxygens (including phenoxy) is 1. The van der Waals surface area contributed by atoms with Crippen molar-refractivity contribution < 1.29 is 9.84 Å². The van der Waals surface area contributed by atoms with E-state index in [2.05, 4.69) is 5.32 Å². The van der Waals surface area contributed by atoms with Crippen LogP contribution in [-0.4, -0.2) is 36.5 Å². The maximum absolute atomic E-state index is 9.48. The lowest BCUT2D eigenvalue weighted by Gasteiger charge is -2.25. The summed E-state index contributed by atoms with van der Waals surface area (Å²) in [5.41, 5.74) is -0.543. The van der Waals surface area contributed by atoms with E-state index in [-0.39, 0.29) is 0 Å². The summed E-state index contributed by atoms with van der Waals surface area (Å²) >= 11 is 0. The maximum atomic E-state index is 9.48. The maximum Gasteiger partial charge on any atom is 0.0603 e. The highest BCUT2D eigenvalue weighted by molar-refractivity contribution is 4.73. The van der Waals surface area contributed by atoms with Gasteiger partial charge in [-0.25, -0.2) is 0 Å². The van der Waals surface area contributed by atoms with E-state index in [4.69, 9.17) is 4.74 Å². The van der Waals surface area contributed by atoms with Crippen LogP contribution in [0.4, 0.5) is 0 Å². The molecule has 0 bridgehead atoms. The molecule has 1 rings (SSSR count). The lowest BCUT2D eigenvalue weighted by molar-refractivity contribution is 0.0606. The fourth-order valence-electron chi connectivity index (χ4n) is 1.48. The van der Waals surface area contributed by atoms with Crippen molar-refractivity contribution in [3.05, 3.63) is 0 Å². The van der Waals surface area contributed by atoms with Gasteiger partial charge in [-0.05, 0) is 39.7 Å². The third-order valence-corrected chi connectivity index (χ3v) is 2.39. The summed E-state index contributed by atoms with van der Waals surface area (Å²) < 4.78 is 5.26. The highest BCUT2D eigenvalue weighted by atomic mass is 16.5. The predicted molar refractivity (Wildman–Crippen MR) is 52.8 cm³/mol. The second-order valence-corrected chi connectivity index (χ2v) is 4.40. The number of hydrogen-bond acceptors (Lipinski definition) is 3. The first kappa shape index (κ1) is 11.0. The molecule has 1 aliphatic heterocycles. The summed E-state index contributed by atoms with van der Waals surface area (Å²) in [5, 5.41) is 12.9. The molecule has 0 aromatic heterocycles. The molecule has 1 saturated heterocycles. The van der Waals surface area contributed by atoms with E-state index in [1.54, 1.807) is 0 Å².